The van der Waals surface area contributed by atoms with Crippen molar-refractivity contribution in [3.8, 4) is 5.75 Å². The lowest BCUT2D eigenvalue weighted by Gasteiger charge is -2.10. The van der Waals surface area contributed by atoms with Gasteiger partial charge in [-0.15, -0.1) is 0 Å². The maximum atomic E-state index is 10.9. The third kappa shape index (κ3) is 4.89. The Morgan fingerprint density at radius 3 is 2.82 bits per heavy atom. The Bertz CT molecular complexity index is 360. The summed E-state index contributed by atoms with van der Waals surface area (Å²) in [5.74, 6) is 1.01. The van der Waals surface area contributed by atoms with Gasteiger partial charge in [0.05, 0.1) is 7.11 Å². The highest BCUT2D eigenvalue weighted by molar-refractivity contribution is 5.70. The molecule has 1 aromatic carbocycles. The van der Waals surface area contributed by atoms with E-state index in [2.05, 4.69) is 24.7 Å². The van der Waals surface area contributed by atoms with E-state index in [0.29, 0.717) is 5.92 Å². The van der Waals surface area contributed by atoms with Crippen molar-refractivity contribution in [1.29, 1.82) is 0 Å². The Hall–Kier alpha value is -1.51. The van der Waals surface area contributed by atoms with Gasteiger partial charge in [0.25, 0.3) is 0 Å². The Morgan fingerprint density at radius 2 is 2.18 bits per heavy atom. The molecular weight excluding hydrogens is 216 g/mol. The van der Waals surface area contributed by atoms with Crippen LogP contribution in [0.4, 0.5) is 0 Å². The third-order valence-corrected chi connectivity index (χ3v) is 2.76. The predicted octanol–water partition coefficient (Wildman–Crippen LogP) is 2.83. The summed E-state index contributed by atoms with van der Waals surface area (Å²) < 4.78 is 9.86. The molecule has 0 aromatic heterocycles. The SMILES string of the molecule is CCC(C)Cc1cccc(OCC(=O)OC)c1. The molecule has 94 valence electrons. The minimum atomic E-state index is -0.364. The van der Waals surface area contributed by atoms with Crippen LogP contribution in [0, 0.1) is 5.92 Å². The summed E-state index contributed by atoms with van der Waals surface area (Å²) >= 11 is 0. The lowest BCUT2D eigenvalue weighted by Crippen LogP contribution is -2.12. The molecule has 0 spiro atoms. The first kappa shape index (κ1) is 13.6. The number of carbonyl (C=O) groups is 1. The van der Waals surface area contributed by atoms with Crippen LogP contribution in [0.1, 0.15) is 25.8 Å². The van der Waals surface area contributed by atoms with Gasteiger partial charge in [0.2, 0.25) is 0 Å². The van der Waals surface area contributed by atoms with Gasteiger partial charge in [-0.3, -0.25) is 0 Å². The Morgan fingerprint density at radius 1 is 1.41 bits per heavy atom. The quantitative estimate of drug-likeness (QED) is 0.712. The van der Waals surface area contributed by atoms with Crippen molar-refractivity contribution >= 4 is 5.97 Å². The molecule has 0 radical (unpaired) electrons. The zero-order chi connectivity index (χ0) is 12.7. The highest BCUT2D eigenvalue weighted by atomic mass is 16.6. The fourth-order valence-corrected chi connectivity index (χ4v) is 1.51. The van der Waals surface area contributed by atoms with Gasteiger partial charge < -0.3 is 9.47 Å². The predicted molar refractivity (Wildman–Crippen MR) is 67.1 cm³/mol. The molecule has 1 unspecified atom stereocenters. The second-order valence-corrected chi connectivity index (χ2v) is 4.23. The number of esters is 1. The summed E-state index contributed by atoms with van der Waals surface area (Å²) in [5.41, 5.74) is 1.24. The van der Waals surface area contributed by atoms with Gasteiger partial charge in [-0.2, -0.15) is 0 Å². The molecule has 0 fully saturated rings. The van der Waals surface area contributed by atoms with E-state index < -0.39 is 0 Å². The van der Waals surface area contributed by atoms with E-state index in [1.165, 1.54) is 12.7 Å². The number of hydrogen-bond donors (Lipinski definition) is 0. The Kier molecular flexibility index (Phi) is 5.53. The standard InChI is InChI=1S/C14H20O3/c1-4-11(2)8-12-6-5-7-13(9-12)17-10-14(15)16-3/h5-7,9,11H,4,8,10H2,1-3H3. The lowest BCUT2D eigenvalue weighted by molar-refractivity contribution is -0.142. The van der Waals surface area contributed by atoms with Crippen molar-refractivity contribution < 1.29 is 14.3 Å². The summed E-state index contributed by atoms with van der Waals surface area (Å²) in [6.45, 7) is 4.37. The van der Waals surface area contributed by atoms with E-state index in [9.17, 15) is 4.79 Å². The van der Waals surface area contributed by atoms with Crippen molar-refractivity contribution in [2.75, 3.05) is 13.7 Å². The van der Waals surface area contributed by atoms with Gasteiger partial charge in [-0.05, 0) is 30.0 Å². The monoisotopic (exact) mass is 236 g/mol. The Balaban J connectivity index is 2.56. The fraction of sp³-hybridized carbons (Fsp3) is 0.500. The second-order valence-electron chi connectivity index (χ2n) is 4.23. The van der Waals surface area contributed by atoms with Gasteiger partial charge in [-0.25, -0.2) is 4.79 Å². The van der Waals surface area contributed by atoms with Gasteiger partial charge in [0.1, 0.15) is 5.75 Å². The van der Waals surface area contributed by atoms with Crippen LogP contribution < -0.4 is 4.74 Å². The molecule has 0 saturated heterocycles. The average Bonchev–Trinajstić information content (AvgIpc) is 2.36. The minimum absolute atomic E-state index is 0.0384. The molecule has 1 atom stereocenters. The van der Waals surface area contributed by atoms with Crippen LogP contribution in [0.25, 0.3) is 0 Å². The number of methoxy groups -OCH3 is 1. The van der Waals surface area contributed by atoms with E-state index in [0.717, 1.165) is 18.6 Å². The molecule has 3 heteroatoms. The van der Waals surface area contributed by atoms with Gasteiger partial charge in [0.15, 0.2) is 6.61 Å². The molecular formula is C14H20O3. The number of benzene rings is 1. The Labute approximate surface area is 103 Å². The molecule has 0 aliphatic rings. The average molecular weight is 236 g/mol. The third-order valence-electron chi connectivity index (χ3n) is 2.76. The number of ether oxygens (including phenoxy) is 2. The molecule has 0 bridgehead atoms. The maximum Gasteiger partial charge on any atom is 0.343 e. The van der Waals surface area contributed by atoms with Crippen molar-refractivity contribution in [3.63, 3.8) is 0 Å². The smallest absolute Gasteiger partial charge is 0.343 e. The maximum absolute atomic E-state index is 10.9. The molecule has 0 aliphatic carbocycles. The first-order chi connectivity index (χ1) is 8.15. The highest BCUT2D eigenvalue weighted by Gasteiger charge is 2.04. The van der Waals surface area contributed by atoms with Crippen LogP contribution in [0.15, 0.2) is 24.3 Å². The lowest BCUT2D eigenvalue weighted by atomic mass is 9.99. The first-order valence-corrected chi connectivity index (χ1v) is 5.94. The molecule has 17 heavy (non-hydrogen) atoms. The summed E-state index contributed by atoms with van der Waals surface area (Å²) in [6.07, 6.45) is 2.19. The molecule has 0 aliphatic heterocycles. The number of carbonyl (C=O) groups excluding carboxylic acids is 1. The van der Waals surface area contributed by atoms with E-state index in [4.69, 9.17) is 4.74 Å². The largest absolute Gasteiger partial charge is 0.482 e. The molecule has 1 aromatic rings. The first-order valence-electron chi connectivity index (χ1n) is 5.94. The van der Waals surface area contributed by atoms with Crippen molar-refractivity contribution in [2.45, 2.75) is 26.7 Å². The zero-order valence-electron chi connectivity index (χ0n) is 10.7. The van der Waals surface area contributed by atoms with Crippen LogP contribution in [-0.4, -0.2) is 19.7 Å². The molecule has 1 rings (SSSR count). The second kappa shape index (κ2) is 6.94. The van der Waals surface area contributed by atoms with E-state index in [1.54, 1.807) is 0 Å². The molecule has 3 nitrogen and oxygen atoms in total. The van der Waals surface area contributed by atoms with E-state index in [-0.39, 0.29) is 12.6 Å². The summed E-state index contributed by atoms with van der Waals surface area (Å²) in [7, 11) is 1.35. The van der Waals surface area contributed by atoms with Crippen molar-refractivity contribution in [3.05, 3.63) is 29.8 Å². The molecule has 0 heterocycles. The summed E-state index contributed by atoms with van der Waals surface area (Å²) in [5, 5.41) is 0. The normalized spacial score (nSPS) is 11.9. The zero-order valence-corrected chi connectivity index (χ0v) is 10.7. The highest BCUT2D eigenvalue weighted by Crippen LogP contribution is 2.17. The molecule has 0 saturated carbocycles. The fourth-order valence-electron chi connectivity index (χ4n) is 1.51. The van der Waals surface area contributed by atoms with Crippen LogP contribution in [-0.2, 0) is 16.0 Å². The summed E-state index contributed by atoms with van der Waals surface area (Å²) in [4.78, 5) is 10.9. The topological polar surface area (TPSA) is 35.5 Å². The molecule has 0 amide bonds. The van der Waals surface area contributed by atoms with Crippen molar-refractivity contribution in [2.24, 2.45) is 5.92 Å². The van der Waals surface area contributed by atoms with Crippen LogP contribution in [0.5, 0.6) is 5.75 Å². The van der Waals surface area contributed by atoms with Crippen LogP contribution in [0.3, 0.4) is 0 Å². The van der Waals surface area contributed by atoms with Gasteiger partial charge in [-0.1, -0.05) is 32.4 Å². The van der Waals surface area contributed by atoms with E-state index in [1.807, 2.05) is 18.2 Å². The minimum Gasteiger partial charge on any atom is -0.482 e. The van der Waals surface area contributed by atoms with Crippen LogP contribution in [0.2, 0.25) is 0 Å². The van der Waals surface area contributed by atoms with Crippen LogP contribution >= 0.6 is 0 Å². The molecule has 0 N–H and O–H groups in total. The van der Waals surface area contributed by atoms with Gasteiger partial charge >= 0.3 is 5.97 Å². The number of rotatable bonds is 6. The number of hydrogen-bond acceptors (Lipinski definition) is 3. The van der Waals surface area contributed by atoms with Crippen molar-refractivity contribution in [1.82, 2.24) is 0 Å². The van der Waals surface area contributed by atoms with E-state index >= 15 is 0 Å². The van der Waals surface area contributed by atoms with Gasteiger partial charge in [0, 0.05) is 0 Å². The summed E-state index contributed by atoms with van der Waals surface area (Å²) in [6, 6.07) is 7.86.